The van der Waals surface area contributed by atoms with Gasteiger partial charge in [0, 0.05) is 13.0 Å². The molecule has 0 radical (unpaired) electrons. The summed E-state index contributed by atoms with van der Waals surface area (Å²) in [7, 11) is 0. The van der Waals surface area contributed by atoms with Gasteiger partial charge in [-0.25, -0.2) is 0 Å². The molecule has 15 heavy (non-hydrogen) atoms. The van der Waals surface area contributed by atoms with Crippen LogP contribution in [-0.4, -0.2) is 30.1 Å². The van der Waals surface area contributed by atoms with Crippen LogP contribution in [0.2, 0.25) is 0 Å². The van der Waals surface area contributed by atoms with E-state index in [1.165, 1.54) is 0 Å². The van der Waals surface area contributed by atoms with Crippen LogP contribution >= 0.6 is 0 Å². The number of hydrogen-bond acceptors (Lipinski definition) is 3. The fourth-order valence-corrected chi connectivity index (χ4v) is 1.01. The number of carboxylic acid groups (broad SMARTS) is 1. The third-order valence-electron chi connectivity index (χ3n) is 2.23. The zero-order chi connectivity index (χ0) is 11.9. The Kier molecular flexibility index (Phi) is 5.93. The lowest BCUT2D eigenvalue weighted by Crippen LogP contribution is -2.40. The Balaban J connectivity index is 3.46. The summed E-state index contributed by atoms with van der Waals surface area (Å²) in [5.74, 6) is -1.10. The molecule has 0 atom stereocenters. The van der Waals surface area contributed by atoms with E-state index in [2.05, 4.69) is 5.32 Å². The van der Waals surface area contributed by atoms with Gasteiger partial charge < -0.3 is 16.2 Å². The number of carbonyl (C=O) groups is 2. The maximum atomic E-state index is 10.9. The smallest absolute Gasteiger partial charge is 0.303 e. The van der Waals surface area contributed by atoms with E-state index < -0.39 is 11.4 Å². The van der Waals surface area contributed by atoms with Gasteiger partial charge in [0.05, 0.1) is 5.41 Å². The van der Waals surface area contributed by atoms with Gasteiger partial charge in [-0.15, -0.1) is 0 Å². The topological polar surface area (TPSA) is 92.4 Å². The number of carbonyl (C=O) groups excluding carboxylic acids is 1. The quantitative estimate of drug-likeness (QED) is 0.510. The van der Waals surface area contributed by atoms with Crippen molar-refractivity contribution in [2.45, 2.75) is 33.1 Å². The molecule has 4 N–H and O–H groups in total. The molecule has 0 bridgehead atoms. The standard InChI is InChI=1S/C10H20N2O3/c1-10(2,9(11)15)7-12-6-4-3-5-8(13)14/h12H,3-7H2,1-2H3,(H2,11,15)(H,13,14). The van der Waals surface area contributed by atoms with Crippen LogP contribution in [0.15, 0.2) is 0 Å². The van der Waals surface area contributed by atoms with Crippen LogP contribution < -0.4 is 11.1 Å². The number of unbranched alkanes of at least 4 members (excludes halogenated alkanes) is 1. The van der Waals surface area contributed by atoms with Crippen LogP contribution in [0.1, 0.15) is 33.1 Å². The number of aliphatic carboxylic acids is 1. The van der Waals surface area contributed by atoms with Crippen molar-refractivity contribution in [1.82, 2.24) is 5.32 Å². The molecule has 0 aromatic carbocycles. The maximum Gasteiger partial charge on any atom is 0.303 e. The fourth-order valence-electron chi connectivity index (χ4n) is 1.01. The minimum absolute atomic E-state index is 0.195. The molecule has 0 aromatic rings. The molecule has 0 heterocycles. The van der Waals surface area contributed by atoms with Gasteiger partial charge in [0.2, 0.25) is 5.91 Å². The lowest BCUT2D eigenvalue weighted by molar-refractivity contribution is -0.137. The number of rotatable bonds is 8. The Morgan fingerprint density at radius 3 is 2.40 bits per heavy atom. The first-order valence-electron chi connectivity index (χ1n) is 5.08. The van der Waals surface area contributed by atoms with Gasteiger partial charge in [-0.3, -0.25) is 9.59 Å². The van der Waals surface area contributed by atoms with Gasteiger partial charge in [0.1, 0.15) is 0 Å². The number of amides is 1. The number of nitrogens with two attached hydrogens (primary N) is 1. The zero-order valence-corrected chi connectivity index (χ0v) is 9.38. The highest BCUT2D eigenvalue weighted by molar-refractivity contribution is 5.80. The van der Waals surface area contributed by atoms with Crippen molar-refractivity contribution in [3.63, 3.8) is 0 Å². The number of nitrogens with one attached hydrogen (secondary N) is 1. The van der Waals surface area contributed by atoms with Crippen LogP contribution in [0.3, 0.4) is 0 Å². The molecule has 1 amide bonds. The van der Waals surface area contributed by atoms with Crippen molar-refractivity contribution in [3.05, 3.63) is 0 Å². The van der Waals surface area contributed by atoms with Gasteiger partial charge in [-0.05, 0) is 33.2 Å². The highest BCUT2D eigenvalue weighted by Crippen LogP contribution is 2.11. The van der Waals surface area contributed by atoms with E-state index in [4.69, 9.17) is 10.8 Å². The molecule has 0 aromatic heterocycles. The second-order valence-electron chi connectivity index (χ2n) is 4.28. The molecule has 0 aliphatic carbocycles. The largest absolute Gasteiger partial charge is 0.481 e. The molecule has 0 aliphatic rings. The van der Waals surface area contributed by atoms with Crippen molar-refractivity contribution < 1.29 is 14.7 Å². The minimum atomic E-state index is -0.771. The van der Waals surface area contributed by atoms with E-state index in [1.807, 2.05) is 0 Å². The van der Waals surface area contributed by atoms with E-state index in [0.717, 1.165) is 6.42 Å². The lowest BCUT2D eigenvalue weighted by Gasteiger charge is -2.20. The summed E-state index contributed by atoms with van der Waals surface area (Å²) in [5.41, 5.74) is 4.65. The van der Waals surface area contributed by atoms with Crippen molar-refractivity contribution in [1.29, 1.82) is 0 Å². The Morgan fingerprint density at radius 1 is 1.33 bits per heavy atom. The first-order valence-corrected chi connectivity index (χ1v) is 5.08. The van der Waals surface area contributed by atoms with Gasteiger partial charge in [0.15, 0.2) is 0 Å². The van der Waals surface area contributed by atoms with Gasteiger partial charge in [-0.2, -0.15) is 0 Å². The lowest BCUT2D eigenvalue weighted by atomic mass is 9.93. The Bertz CT molecular complexity index is 227. The molecule has 0 aliphatic heterocycles. The maximum absolute atomic E-state index is 10.9. The Labute approximate surface area is 90.0 Å². The minimum Gasteiger partial charge on any atom is -0.481 e. The molecule has 0 saturated carbocycles. The van der Waals surface area contributed by atoms with Gasteiger partial charge >= 0.3 is 5.97 Å². The summed E-state index contributed by atoms with van der Waals surface area (Å²) in [6, 6.07) is 0. The van der Waals surface area contributed by atoms with Crippen LogP contribution in [0.25, 0.3) is 0 Å². The summed E-state index contributed by atoms with van der Waals surface area (Å²) in [4.78, 5) is 21.1. The van der Waals surface area contributed by atoms with Crippen molar-refractivity contribution in [2.24, 2.45) is 11.1 Å². The summed E-state index contributed by atoms with van der Waals surface area (Å²) >= 11 is 0. The fraction of sp³-hybridized carbons (Fsp3) is 0.800. The van der Waals surface area contributed by atoms with Crippen molar-refractivity contribution in [3.8, 4) is 0 Å². The average Bonchev–Trinajstić information content (AvgIpc) is 2.10. The highest BCUT2D eigenvalue weighted by atomic mass is 16.4. The monoisotopic (exact) mass is 216 g/mol. The molecule has 88 valence electrons. The first kappa shape index (κ1) is 13.9. The zero-order valence-electron chi connectivity index (χ0n) is 9.38. The summed E-state index contributed by atoms with van der Waals surface area (Å²) in [6.45, 7) is 4.79. The molecule has 5 heteroatoms. The van der Waals surface area contributed by atoms with E-state index in [9.17, 15) is 9.59 Å². The molecule has 0 saturated heterocycles. The molecule has 0 spiro atoms. The van der Waals surface area contributed by atoms with E-state index in [0.29, 0.717) is 19.5 Å². The summed E-state index contributed by atoms with van der Waals surface area (Å²) < 4.78 is 0. The molecule has 0 unspecified atom stereocenters. The van der Waals surface area contributed by atoms with Crippen molar-refractivity contribution in [2.75, 3.05) is 13.1 Å². The Hall–Kier alpha value is -1.10. The third-order valence-corrected chi connectivity index (χ3v) is 2.23. The number of hydrogen-bond donors (Lipinski definition) is 3. The van der Waals surface area contributed by atoms with E-state index in [-0.39, 0.29) is 12.3 Å². The predicted molar refractivity (Wildman–Crippen MR) is 57.3 cm³/mol. The average molecular weight is 216 g/mol. The SMILES string of the molecule is CC(C)(CNCCCCC(=O)O)C(N)=O. The van der Waals surface area contributed by atoms with Crippen LogP contribution in [-0.2, 0) is 9.59 Å². The molecular weight excluding hydrogens is 196 g/mol. The second-order valence-corrected chi connectivity index (χ2v) is 4.28. The summed E-state index contributed by atoms with van der Waals surface area (Å²) in [6.07, 6.45) is 1.64. The predicted octanol–water partition coefficient (Wildman–Crippen LogP) is 0.342. The second kappa shape index (κ2) is 6.40. The van der Waals surface area contributed by atoms with E-state index >= 15 is 0 Å². The summed E-state index contributed by atoms with van der Waals surface area (Å²) in [5, 5.41) is 11.5. The highest BCUT2D eigenvalue weighted by Gasteiger charge is 2.23. The van der Waals surface area contributed by atoms with Crippen LogP contribution in [0.4, 0.5) is 0 Å². The van der Waals surface area contributed by atoms with Crippen molar-refractivity contribution >= 4 is 11.9 Å². The molecular formula is C10H20N2O3. The van der Waals surface area contributed by atoms with Gasteiger partial charge in [-0.1, -0.05) is 0 Å². The molecule has 0 fully saturated rings. The third kappa shape index (κ3) is 6.90. The molecule has 5 nitrogen and oxygen atoms in total. The molecule has 0 rings (SSSR count). The number of carboxylic acids is 1. The number of primary amides is 1. The normalized spacial score (nSPS) is 11.3. The van der Waals surface area contributed by atoms with Crippen LogP contribution in [0, 0.1) is 5.41 Å². The first-order chi connectivity index (χ1) is 6.86. The Morgan fingerprint density at radius 2 is 1.93 bits per heavy atom. The van der Waals surface area contributed by atoms with Crippen LogP contribution in [0.5, 0.6) is 0 Å². The van der Waals surface area contributed by atoms with Gasteiger partial charge in [0.25, 0.3) is 0 Å². The van der Waals surface area contributed by atoms with E-state index in [1.54, 1.807) is 13.8 Å².